The molecule has 1 aromatic heterocycles. The molecule has 2 aliphatic rings. The SMILES string of the molecule is C#CCOc1cc(C(F)(F)F)nc(N[C@@H]2C[C@@H](O)[C@]3(COC)CO[C@H]2O3)n1. The van der Waals surface area contributed by atoms with Crippen molar-refractivity contribution in [2.45, 2.75) is 36.6 Å². The van der Waals surface area contributed by atoms with Crippen LogP contribution in [-0.4, -0.2) is 66.0 Å². The Morgan fingerprint density at radius 2 is 2.26 bits per heavy atom. The Bertz CT molecular complexity index is 726. The minimum atomic E-state index is -4.70. The van der Waals surface area contributed by atoms with Gasteiger partial charge in [0.05, 0.1) is 25.4 Å². The third-order valence-electron chi connectivity index (χ3n) is 4.26. The number of methoxy groups -OCH3 is 1. The molecule has 148 valence electrons. The molecule has 0 amide bonds. The average molecular weight is 389 g/mol. The van der Waals surface area contributed by atoms with E-state index in [1.54, 1.807) is 0 Å². The summed E-state index contributed by atoms with van der Waals surface area (Å²) in [6.07, 6.45) is -1.24. The van der Waals surface area contributed by atoms with Crippen LogP contribution in [0, 0.1) is 12.3 Å². The van der Waals surface area contributed by atoms with Crippen molar-refractivity contribution < 1.29 is 37.2 Å². The van der Waals surface area contributed by atoms with Crippen molar-refractivity contribution in [3.8, 4) is 18.2 Å². The van der Waals surface area contributed by atoms with Crippen LogP contribution >= 0.6 is 0 Å². The summed E-state index contributed by atoms with van der Waals surface area (Å²) in [6, 6.07) is -0.0128. The third-order valence-corrected chi connectivity index (χ3v) is 4.26. The smallest absolute Gasteiger partial charge is 0.433 e. The molecule has 2 N–H and O–H groups in total. The number of hydrogen-bond donors (Lipinski definition) is 2. The van der Waals surface area contributed by atoms with E-state index in [9.17, 15) is 18.3 Å². The molecule has 0 aliphatic carbocycles. The lowest BCUT2D eigenvalue weighted by Gasteiger charge is -2.39. The van der Waals surface area contributed by atoms with E-state index >= 15 is 0 Å². The van der Waals surface area contributed by atoms with Crippen LogP contribution < -0.4 is 10.1 Å². The fraction of sp³-hybridized carbons (Fsp3) is 0.625. The number of fused-ring (bicyclic) bond motifs is 2. The van der Waals surface area contributed by atoms with E-state index in [1.165, 1.54) is 7.11 Å². The van der Waals surface area contributed by atoms with E-state index in [4.69, 9.17) is 25.4 Å². The van der Waals surface area contributed by atoms with Crippen LogP contribution in [0.2, 0.25) is 0 Å². The van der Waals surface area contributed by atoms with Gasteiger partial charge in [-0.05, 0) is 0 Å². The Kier molecular flexibility index (Phi) is 5.43. The first-order chi connectivity index (χ1) is 12.8. The summed E-state index contributed by atoms with van der Waals surface area (Å²) in [5.74, 6) is 1.49. The van der Waals surface area contributed by atoms with Gasteiger partial charge in [0.15, 0.2) is 18.6 Å². The van der Waals surface area contributed by atoms with Gasteiger partial charge < -0.3 is 29.4 Å². The average Bonchev–Trinajstić information content (AvgIpc) is 2.99. The highest BCUT2D eigenvalue weighted by Gasteiger charge is 2.54. The Morgan fingerprint density at radius 3 is 2.93 bits per heavy atom. The van der Waals surface area contributed by atoms with Crippen LogP contribution in [0.1, 0.15) is 12.1 Å². The van der Waals surface area contributed by atoms with E-state index in [2.05, 4.69) is 21.2 Å². The van der Waals surface area contributed by atoms with Gasteiger partial charge in [-0.25, -0.2) is 4.98 Å². The number of anilines is 1. The summed E-state index contributed by atoms with van der Waals surface area (Å²) in [5.41, 5.74) is -2.18. The quantitative estimate of drug-likeness (QED) is 0.691. The molecule has 0 saturated carbocycles. The van der Waals surface area contributed by atoms with Crippen LogP contribution in [0.3, 0.4) is 0 Å². The second-order valence-corrected chi connectivity index (χ2v) is 6.20. The molecule has 2 aliphatic heterocycles. The van der Waals surface area contributed by atoms with Gasteiger partial charge in [0.25, 0.3) is 0 Å². The van der Waals surface area contributed by atoms with Crippen LogP contribution in [-0.2, 0) is 20.4 Å². The lowest BCUT2D eigenvalue weighted by Crippen LogP contribution is -2.56. The van der Waals surface area contributed by atoms with E-state index in [-0.39, 0.29) is 38.1 Å². The van der Waals surface area contributed by atoms with Gasteiger partial charge in [0.2, 0.25) is 11.8 Å². The highest BCUT2D eigenvalue weighted by Crippen LogP contribution is 2.38. The second-order valence-electron chi connectivity index (χ2n) is 6.20. The van der Waals surface area contributed by atoms with Crippen molar-refractivity contribution in [2.75, 3.05) is 32.2 Å². The van der Waals surface area contributed by atoms with Crippen molar-refractivity contribution in [3.05, 3.63) is 11.8 Å². The number of aliphatic hydroxyl groups is 1. The molecule has 0 unspecified atom stereocenters. The summed E-state index contributed by atoms with van der Waals surface area (Å²) in [7, 11) is 1.47. The number of terminal acetylenes is 1. The minimum absolute atomic E-state index is 0.102. The number of alkyl halides is 3. The maximum atomic E-state index is 13.1. The zero-order valence-corrected chi connectivity index (χ0v) is 14.3. The number of aromatic nitrogens is 2. The molecule has 2 bridgehead atoms. The largest absolute Gasteiger partial charge is 0.464 e. The first-order valence-electron chi connectivity index (χ1n) is 8.03. The van der Waals surface area contributed by atoms with Crippen LogP contribution in [0.4, 0.5) is 19.1 Å². The molecule has 11 heteroatoms. The Hall–Kier alpha value is -2.13. The predicted molar refractivity (Wildman–Crippen MR) is 84.8 cm³/mol. The minimum Gasteiger partial charge on any atom is -0.464 e. The van der Waals surface area contributed by atoms with E-state index in [0.717, 1.165) is 0 Å². The highest BCUT2D eigenvalue weighted by molar-refractivity contribution is 5.34. The molecule has 1 aromatic rings. The standard InChI is InChI=1S/C16H18F3N3O5/c1-3-4-25-12-6-10(16(17,18)19)21-14(22-12)20-9-5-11(23)15(7-24-2)8-26-13(9)27-15/h1,6,9,11,13,23H,4-5,7-8H2,2H3,(H,20,21,22)/t9-,11-,13+,15+/m1/s1. The number of rotatable bonds is 6. The molecule has 0 spiro atoms. The molecule has 8 nitrogen and oxygen atoms in total. The third kappa shape index (κ3) is 4.08. The highest BCUT2D eigenvalue weighted by atomic mass is 19.4. The van der Waals surface area contributed by atoms with Crippen molar-refractivity contribution in [2.24, 2.45) is 0 Å². The van der Waals surface area contributed by atoms with Crippen LogP contribution in [0.5, 0.6) is 5.88 Å². The Morgan fingerprint density at radius 1 is 1.48 bits per heavy atom. The van der Waals surface area contributed by atoms with Crippen molar-refractivity contribution >= 4 is 5.95 Å². The molecule has 3 heterocycles. The molecule has 2 fully saturated rings. The first kappa shape index (κ1) is 19.6. The zero-order chi connectivity index (χ0) is 19.7. The van der Waals surface area contributed by atoms with Gasteiger partial charge in [-0.3, -0.25) is 0 Å². The maximum absolute atomic E-state index is 13.1. The summed E-state index contributed by atoms with van der Waals surface area (Å²) in [6.45, 7) is -0.0172. The van der Waals surface area contributed by atoms with E-state index in [0.29, 0.717) is 6.07 Å². The molecular formula is C16H18F3N3O5. The van der Waals surface area contributed by atoms with Crippen molar-refractivity contribution in [3.63, 3.8) is 0 Å². The number of hydrogen-bond acceptors (Lipinski definition) is 8. The topological polar surface area (TPSA) is 95.0 Å². The van der Waals surface area contributed by atoms with Crippen molar-refractivity contribution in [1.29, 1.82) is 0 Å². The zero-order valence-electron chi connectivity index (χ0n) is 14.3. The molecule has 4 atom stereocenters. The Labute approximate surface area is 153 Å². The van der Waals surface area contributed by atoms with Gasteiger partial charge in [0, 0.05) is 19.6 Å². The molecule has 2 saturated heterocycles. The normalized spacial score (nSPS) is 30.0. The summed E-state index contributed by atoms with van der Waals surface area (Å²) >= 11 is 0. The maximum Gasteiger partial charge on any atom is 0.433 e. The van der Waals surface area contributed by atoms with Gasteiger partial charge in [-0.1, -0.05) is 5.92 Å². The van der Waals surface area contributed by atoms with Gasteiger partial charge in [-0.15, -0.1) is 6.42 Å². The fourth-order valence-corrected chi connectivity index (χ4v) is 3.00. The number of halogens is 3. The second kappa shape index (κ2) is 7.47. The molecular weight excluding hydrogens is 371 g/mol. The van der Waals surface area contributed by atoms with E-state index < -0.39 is 35.9 Å². The fourth-order valence-electron chi connectivity index (χ4n) is 3.00. The molecule has 27 heavy (non-hydrogen) atoms. The van der Waals surface area contributed by atoms with Gasteiger partial charge in [0.1, 0.15) is 5.60 Å². The van der Waals surface area contributed by atoms with Gasteiger partial charge >= 0.3 is 6.18 Å². The van der Waals surface area contributed by atoms with Gasteiger partial charge in [-0.2, -0.15) is 18.2 Å². The summed E-state index contributed by atoms with van der Waals surface area (Å²) in [5, 5.41) is 13.1. The molecule has 0 aromatic carbocycles. The number of nitrogens with zero attached hydrogens (tertiary/aromatic N) is 2. The predicted octanol–water partition coefficient (Wildman–Crippen LogP) is 0.811. The number of ether oxygens (including phenoxy) is 4. The lowest BCUT2D eigenvalue weighted by molar-refractivity contribution is -0.190. The first-order valence-corrected chi connectivity index (χ1v) is 8.03. The molecule has 3 rings (SSSR count). The summed E-state index contributed by atoms with van der Waals surface area (Å²) in [4.78, 5) is 7.35. The Balaban J connectivity index is 1.80. The van der Waals surface area contributed by atoms with E-state index in [1.807, 2.05) is 0 Å². The van der Waals surface area contributed by atoms with Crippen LogP contribution in [0.25, 0.3) is 0 Å². The van der Waals surface area contributed by atoms with Crippen molar-refractivity contribution in [1.82, 2.24) is 9.97 Å². The number of nitrogens with one attached hydrogen (secondary N) is 1. The lowest BCUT2D eigenvalue weighted by atomic mass is 9.91. The summed E-state index contributed by atoms with van der Waals surface area (Å²) < 4.78 is 60.5. The molecule has 0 radical (unpaired) electrons. The van der Waals surface area contributed by atoms with Crippen LogP contribution in [0.15, 0.2) is 6.07 Å². The number of aliphatic hydroxyl groups excluding tert-OH is 1. The monoisotopic (exact) mass is 389 g/mol.